The first kappa shape index (κ1) is 22.4. The summed E-state index contributed by atoms with van der Waals surface area (Å²) >= 11 is 0. The number of carboxylic acids is 1. The van der Waals surface area contributed by atoms with Crippen molar-refractivity contribution in [1.29, 1.82) is 0 Å². The number of carboxylic acid groups (broad SMARTS) is 1. The molecule has 0 spiro atoms. The van der Waals surface area contributed by atoms with E-state index < -0.39 is 17.6 Å². The zero-order chi connectivity index (χ0) is 23.9. The molecule has 34 heavy (non-hydrogen) atoms. The quantitative estimate of drug-likeness (QED) is 0.618. The molecule has 178 valence electrons. The van der Waals surface area contributed by atoms with Gasteiger partial charge in [0.15, 0.2) is 0 Å². The lowest BCUT2D eigenvalue weighted by molar-refractivity contribution is -0.146. The van der Waals surface area contributed by atoms with E-state index in [2.05, 4.69) is 29.6 Å². The van der Waals surface area contributed by atoms with Crippen LogP contribution in [0.15, 0.2) is 48.5 Å². The fourth-order valence-corrected chi connectivity index (χ4v) is 5.45. The fourth-order valence-electron chi connectivity index (χ4n) is 5.45. The summed E-state index contributed by atoms with van der Waals surface area (Å²) in [4.78, 5) is 38.2. The maximum atomic E-state index is 12.9. The molecule has 2 amide bonds. The molecule has 1 unspecified atom stereocenters. The van der Waals surface area contributed by atoms with Crippen LogP contribution in [0.5, 0.6) is 0 Å². The van der Waals surface area contributed by atoms with Gasteiger partial charge < -0.3 is 20.1 Å². The number of likely N-dealkylation sites (tertiary alicyclic amines) is 1. The minimum absolute atomic E-state index is 0.0146. The van der Waals surface area contributed by atoms with Gasteiger partial charge in [0, 0.05) is 24.9 Å². The number of carbonyl (C=O) groups excluding carboxylic acids is 2. The summed E-state index contributed by atoms with van der Waals surface area (Å²) in [7, 11) is 0. The van der Waals surface area contributed by atoms with Crippen LogP contribution < -0.4 is 5.32 Å². The molecule has 0 radical (unpaired) electrons. The average Bonchev–Trinajstić information content (AvgIpc) is 3.58. The van der Waals surface area contributed by atoms with Crippen molar-refractivity contribution in [3.63, 3.8) is 0 Å². The smallest absolute Gasteiger partial charge is 0.407 e. The van der Waals surface area contributed by atoms with Crippen LogP contribution in [-0.2, 0) is 14.3 Å². The second-order valence-electron chi connectivity index (χ2n) is 10.1. The first-order valence-electron chi connectivity index (χ1n) is 12.0. The number of aliphatic carboxylic acids is 1. The second-order valence-corrected chi connectivity index (χ2v) is 10.1. The highest BCUT2D eigenvalue weighted by atomic mass is 16.5. The first-order valence-corrected chi connectivity index (χ1v) is 12.0. The number of carbonyl (C=O) groups is 3. The fraction of sp³-hybridized carbons (Fsp3) is 0.444. The lowest BCUT2D eigenvalue weighted by Gasteiger charge is -2.41. The number of rotatable bonds is 8. The Bertz CT molecular complexity index is 1080. The van der Waals surface area contributed by atoms with Gasteiger partial charge in [-0.15, -0.1) is 0 Å². The van der Waals surface area contributed by atoms with Crippen LogP contribution in [-0.4, -0.2) is 53.2 Å². The third-order valence-electron chi connectivity index (χ3n) is 7.50. The number of amides is 2. The Morgan fingerprint density at radius 3 is 2.18 bits per heavy atom. The van der Waals surface area contributed by atoms with Crippen LogP contribution in [0.2, 0.25) is 0 Å². The van der Waals surface area contributed by atoms with E-state index in [0.29, 0.717) is 13.1 Å². The molecule has 7 nitrogen and oxygen atoms in total. The number of nitrogens with one attached hydrogen (secondary N) is 1. The number of benzene rings is 2. The van der Waals surface area contributed by atoms with Gasteiger partial charge in [0.2, 0.25) is 5.91 Å². The van der Waals surface area contributed by atoms with Gasteiger partial charge in [0.25, 0.3) is 0 Å². The summed E-state index contributed by atoms with van der Waals surface area (Å²) < 4.78 is 5.72. The van der Waals surface area contributed by atoms with Gasteiger partial charge in [-0.1, -0.05) is 48.5 Å². The van der Waals surface area contributed by atoms with Gasteiger partial charge in [-0.25, -0.2) is 4.79 Å². The van der Waals surface area contributed by atoms with Crippen molar-refractivity contribution in [2.24, 2.45) is 11.8 Å². The topological polar surface area (TPSA) is 95.9 Å². The van der Waals surface area contributed by atoms with E-state index in [1.807, 2.05) is 31.2 Å². The molecule has 0 bridgehead atoms. The van der Waals surface area contributed by atoms with Gasteiger partial charge in [0.05, 0.1) is 18.4 Å². The summed E-state index contributed by atoms with van der Waals surface area (Å²) in [5.74, 6) is -0.636. The minimum Gasteiger partial charge on any atom is -0.481 e. The van der Waals surface area contributed by atoms with E-state index in [1.165, 1.54) is 11.1 Å². The van der Waals surface area contributed by atoms with Crippen LogP contribution >= 0.6 is 0 Å². The predicted molar refractivity (Wildman–Crippen MR) is 126 cm³/mol. The summed E-state index contributed by atoms with van der Waals surface area (Å²) in [6.07, 6.45) is 1.71. The van der Waals surface area contributed by atoms with Crippen LogP contribution in [0, 0.1) is 11.8 Å². The third kappa shape index (κ3) is 4.39. The Morgan fingerprint density at radius 1 is 1.03 bits per heavy atom. The molecule has 5 rings (SSSR count). The Morgan fingerprint density at radius 2 is 1.62 bits per heavy atom. The second kappa shape index (κ2) is 8.78. The van der Waals surface area contributed by atoms with Crippen molar-refractivity contribution in [3.05, 3.63) is 59.7 Å². The summed E-state index contributed by atoms with van der Waals surface area (Å²) in [5, 5.41) is 11.9. The lowest BCUT2D eigenvalue weighted by Crippen LogP contribution is -2.56. The van der Waals surface area contributed by atoms with Gasteiger partial charge in [-0.2, -0.15) is 0 Å². The molecule has 2 aliphatic carbocycles. The van der Waals surface area contributed by atoms with Crippen molar-refractivity contribution in [2.45, 2.75) is 44.1 Å². The van der Waals surface area contributed by atoms with Crippen molar-refractivity contribution in [3.8, 4) is 11.1 Å². The van der Waals surface area contributed by atoms with E-state index in [4.69, 9.17) is 9.84 Å². The van der Waals surface area contributed by atoms with Gasteiger partial charge in [-0.3, -0.25) is 9.59 Å². The molecular formula is C27H30N2O5. The number of hydrogen-bond donors (Lipinski definition) is 2. The minimum atomic E-state index is -0.836. The van der Waals surface area contributed by atoms with E-state index in [1.54, 1.807) is 4.90 Å². The molecule has 1 saturated heterocycles. The monoisotopic (exact) mass is 462 g/mol. The van der Waals surface area contributed by atoms with Crippen LogP contribution in [0.1, 0.15) is 49.7 Å². The molecule has 2 aromatic carbocycles. The van der Waals surface area contributed by atoms with Crippen LogP contribution in [0.4, 0.5) is 4.79 Å². The molecule has 2 fully saturated rings. The maximum absolute atomic E-state index is 12.9. The Hall–Kier alpha value is -3.35. The molecule has 0 aromatic heterocycles. The van der Waals surface area contributed by atoms with Crippen molar-refractivity contribution >= 4 is 18.0 Å². The SMILES string of the molecule is CC(CC(=O)N1CC(CC(=O)O)C1)(NC(=O)OCC1c2ccccc2-c2ccccc21)C1CC1. The number of hydrogen-bond acceptors (Lipinski definition) is 4. The molecule has 3 aliphatic rings. The van der Waals surface area contributed by atoms with Crippen LogP contribution in [0.25, 0.3) is 11.1 Å². The van der Waals surface area contributed by atoms with Crippen molar-refractivity contribution < 1.29 is 24.2 Å². The third-order valence-corrected chi connectivity index (χ3v) is 7.50. The normalized spacial score (nSPS) is 18.9. The highest BCUT2D eigenvalue weighted by Gasteiger charge is 2.46. The number of alkyl carbamates (subject to hydrolysis) is 1. The molecule has 2 N–H and O–H groups in total. The van der Waals surface area contributed by atoms with E-state index in [-0.39, 0.29) is 43.1 Å². The predicted octanol–water partition coefficient (Wildman–Crippen LogP) is 4.02. The molecule has 2 aromatic rings. The highest BCUT2D eigenvalue weighted by molar-refractivity contribution is 5.81. The van der Waals surface area contributed by atoms with E-state index >= 15 is 0 Å². The standard InChI is InChI=1S/C27H30N2O5/c1-27(18-10-11-18,13-24(30)29-14-17(15-29)12-25(31)32)28-26(33)34-16-23-21-8-4-2-6-19(21)20-7-3-5-9-22(20)23/h2-9,17-18,23H,10-16H2,1H3,(H,28,33)(H,31,32). The zero-order valence-electron chi connectivity index (χ0n) is 19.3. The Balaban J connectivity index is 1.20. The molecule has 7 heteroatoms. The number of ether oxygens (including phenoxy) is 1. The summed E-state index contributed by atoms with van der Waals surface area (Å²) in [6, 6.07) is 16.4. The van der Waals surface area contributed by atoms with E-state index in [9.17, 15) is 14.4 Å². The van der Waals surface area contributed by atoms with Gasteiger partial charge in [-0.05, 0) is 47.9 Å². The Kier molecular flexibility index (Phi) is 5.80. The molecule has 1 aliphatic heterocycles. The number of nitrogens with zero attached hydrogens (tertiary/aromatic N) is 1. The van der Waals surface area contributed by atoms with E-state index in [0.717, 1.165) is 24.0 Å². The molecule has 1 saturated carbocycles. The Labute approximate surface area is 199 Å². The average molecular weight is 463 g/mol. The molecule has 1 heterocycles. The van der Waals surface area contributed by atoms with Crippen molar-refractivity contribution in [1.82, 2.24) is 10.2 Å². The maximum Gasteiger partial charge on any atom is 0.407 e. The summed E-state index contributed by atoms with van der Waals surface area (Å²) in [5.41, 5.74) is 4.00. The summed E-state index contributed by atoms with van der Waals surface area (Å²) in [6.45, 7) is 3.09. The molecule has 1 atom stereocenters. The first-order chi connectivity index (χ1) is 16.3. The van der Waals surface area contributed by atoms with Crippen molar-refractivity contribution in [2.75, 3.05) is 19.7 Å². The molecular weight excluding hydrogens is 432 g/mol. The highest BCUT2D eigenvalue weighted by Crippen LogP contribution is 2.45. The number of fused-ring (bicyclic) bond motifs is 3. The largest absolute Gasteiger partial charge is 0.481 e. The van der Waals surface area contributed by atoms with Gasteiger partial charge in [0.1, 0.15) is 6.61 Å². The van der Waals surface area contributed by atoms with Gasteiger partial charge >= 0.3 is 12.1 Å². The zero-order valence-corrected chi connectivity index (χ0v) is 19.3. The lowest BCUT2D eigenvalue weighted by atomic mass is 9.89. The van der Waals surface area contributed by atoms with Crippen LogP contribution in [0.3, 0.4) is 0 Å².